The van der Waals surface area contributed by atoms with Crippen LogP contribution in [0.3, 0.4) is 0 Å². The number of benzene rings is 2. The molecule has 20 heavy (non-hydrogen) atoms. The summed E-state index contributed by atoms with van der Waals surface area (Å²) in [5.74, 6) is -1.42. The van der Waals surface area contributed by atoms with Crippen molar-refractivity contribution in [2.24, 2.45) is 4.99 Å². The third kappa shape index (κ3) is 2.57. The van der Waals surface area contributed by atoms with Crippen molar-refractivity contribution >= 4 is 11.6 Å². The maximum atomic E-state index is 14.6. The van der Waals surface area contributed by atoms with E-state index in [2.05, 4.69) is 4.99 Å². The number of nitrogens with zero attached hydrogens (tertiary/aromatic N) is 1. The van der Waals surface area contributed by atoms with Crippen molar-refractivity contribution in [3.8, 4) is 0 Å². The van der Waals surface area contributed by atoms with Gasteiger partial charge in [-0.15, -0.1) is 0 Å². The average Bonchev–Trinajstić information content (AvgIpc) is 2.54. The molecule has 0 amide bonds. The number of hydrogen-bond donors (Lipinski definition) is 0. The van der Waals surface area contributed by atoms with Crippen LogP contribution in [0.4, 0.5) is 10.1 Å². The first kappa shape index (κ1) is 12.9. The number of ether oxygens (including phenoxy) is 1. The second-order valence-electron chi connectivity index (χ2n) is 5.30. The number of fused-ring (bicyclic) bond motifs is 1. The van der Waals surface area contributed by atoms with Gasteiger partial charge in [0.2, 0.25) is 5.90 Å². The summed E-state index contributed by atoms with van der Waals surface area (Å²) in [4.78, 5) is 4.50. The van der Waals surface area contributed by atoms with Crippen LogP contribution in [0.25, 0.3) is 0 Å². The third-order valence-electron chi connectivity index (χ3n) is 3.29. The fourth-order valence-electron chi connectivity index (χ4n) is 2.38. The third-order valence-corrected chi connectivity index (χ3v) is 3.29. The van der Waals surface area contributed by atoms with Crippen LogP contribution >= 0.6 is 0 Å². The molecule has 0 spiro atoms. The van der Waals surface area contributed by atoms with Gasteiger partial charge in [-0.1, -0.05) is 35.9 Å². The number of hydrogen-bond acceptors (Lipinski definition) is 2. The SMILES string of the molecule is Cc1ccc2c(c1)CC(C)(F)OC(c1ccccc1)=N2. The number of rotatable bonds is 1. The topological polar surface area (TPSA) is 21.6 Å². The molecule has 2 aromatic rings. The molecule has 3 heteroatoms. The lowest BCUT2D eigenvalue weighted by Gasteiger charge is -2.20. The Hall–Kier alpha value is -2.16. The molecule has 102 valence electrons. The van der Waals surface area contributed by atoms with Crippen molar-refractivity contribution in [1.82, 2.24) is 0 Å². The fraction of sp³-hybridized carbons (Fsp3) is 0.235. The average molecular weight is 269 g/mol. The largest absolute Gasteiger partial charge is 0.440 e. The van der Waals surface area contributed by atoms with E-state index in [1.807, 2.05) is 55.5 Å². The molecule has 1 heterocycles. The Labute approximate surface area is 117 Å². The monoisotopic (exact) mass is 269 g/mol. The van der Waals surface area contributed by atoms with Gasteiger partial charge in [0.1, 0.15) is 0 Å². The van der Waals surface area contributed by atoms with Crippen molar-refractivity contribution in [2.75, 3.05) is 0 Å². The van der Waals surface area contributed by atoms with Gasteiger partial charge >= 0.3 is 0 Å². The minimum absolute atomic E-state index is 0.198. The van der Waals surface area contributed by atoms with Crippen LogP contribution in [0.15, 0.2) is 53.5 Å². The Morgan fingerprint density at radius 1 is 1.15 bits per heavy atom. The van der Waals surface area contributed by atoms with Gasteiger partial charge in [0.25, 0.3) is 5.85 Å². The summed E-state index contributed by atoms with van der Waals surface area (Å²) in [6, 6.07) is 15.3. The maximum Gasteiger partial charge on any atom is 0.251 e. The van der Waals surface area contributed by atoms with E-state index in [1.165, 1.54) is 6.92 Å². The van der Waals surface area contributed by atoms with Crippen LogP contribution in [0, 0.1) is 6.92 Å². The smallest absolute Gasteiger partial charge is 0.251 e. The van der Waals surface area contributed by atoms with Gasteiger partial charge in [-0.05, 0) is 30.7 Å². The molecule has 0 radical (unpaired) electrons. The highest BCUT2D eigenvalue weighted by Crippen LogP contribution is 2.32. The summed E-state index contributed by atoms with van der Waals surface area (Å²) in [5.41, 5.74) is 3.53. The molecule has 1 aliphatic rings. The van der Waals surface area contributed by atoms with Crippen LogP contribution in [-0.2, 0) is 11.2 Å². The molecular formula is C17H16FNO. The highest BCUT2D eigenvalue weighted by atomic mass is 19.2. The predicted molar refractivity (Wildman–Crippen MR) is 78.1 cm³/mol. The molecule has 0 aliphatic carbocycles. The summed E-state index contributed by atoms with van der Waals surface area (Å²) in [7, 11) is 0. The van der Waals surface area contributed by atoms with Crippen LogP contribution in [0.2, 0.25) is 0 Å². The molecule has 2 nitrogen and oxygen atoms in total. The summed E-state index contributed by atoms with van der Waals surface area (Å²) in [5, 5.41) is 0. The Balaban J connectivity index is 2.13. The van der Waals surface area contributed by atoms with Gasteiger partial charge in [-0.3, -0.25) is 0 Å². The van der Waals surface area contributed by atoms with Crippen LogP contribution in [-0.4, -0.2) is 11.8 Å². The standard InChI is InChI=1S/C17H16FNO/c1-12-8-9-15-14(10-12)11-17(2,18)20-16(19-15)13-6-4-3-5-7-13/h3-10H,11H2,1-2H3. The van der Waals surface area contributed by atoms with Crippen LogP contribution in [0.5, 0.6) is 0 Å². The molecule has 0 saturated heterocycles. The Bertz CT molecular complexity index is 662. The lowest BCUT2D eigenvalue weighted by atomic mass is 10.0. The van der Waals surface area contributed by atoms with E-state index in [1.54, 1.807) is 0 Å². The van der Waals surface area contributed by atoms with Crippen LogP contribution in [0.1, 0.15) is 23.6 Å². The first-order valence-corrected chi connectivity index (χ1v) is 6.65. The van der Waals surface area contributed by atoms with Gasteiger partial charge in [0.15, 0.2) is 0 Å². The van der Waals surface area contributed by atoms with E-state index in [0.717, 1.165) is 22.4 Å². The minimum atomic E-state index is -1.76. The van der Waals surface area contributed by atoms with Crippen molar-refractivity contribution in [2.45, 2.75) is 26.1 Å². The zero-order chi connectivity index (χ0) is 14.2. The van der Waals surface area contributed by atoms with E-state index in [9.17, 15) is 4.39 Å². The first-order chi connectivity index (χ1) is 9.53. The van der Waals surface area contributed by atoms with E-state index in [-0.39, 0.29) is 6.42 Å². The number of aryl methyl sites for hydroxylation is 1. The fourth-order valence-corrected chi connectivity index (χ4v) is 2.38. The van der Waals surface area contributed by atoms with Crippen molar-refractivity contribution in [1.29, 1.82) is 0 Å². The molecule has 0 fully saturated rings. The first-order valence-electron chi connectivity index (χ1n) is 6.65. The summed E-state index contributed by atoms with van der Waals surface area (Å²) in [6.07, 6.45) is 0.198. The summed E-state index contributed by atoms with van der Waals surface area (Å²) >= 11 is 0. The molecule has 2 aromatic carbocycles. The Morgan fingerprint density at radius 3 is 2.65 bits per heavy atom. The Morgan fingerprint density at radius 2 is 1.90 bits per heavy atom. The van der Waals surface area contributed by atoms with Gasteiger partial charge < -0.3 is 4.74 Å². The molecule has 0 bridgehead atoms. The predicted octanol–water partition coefficient (Wildman–Crippen LogP) is 4.33. The Kier molecular flexibility index (Phi) is 3.05. The van der Waals surface area contributed by atoms with Gasteiger partial charge in [0, 0.05) is 18.9 Å². The molecular weight excluding hydrogens is 253 g/mol. The van der Waals surface area contributed by atoms with E-state index < -0.39 is 5.85 Å². The molecule has 1 atom stereocenters. The molecule has 1 unspecified atom stereocenters. The van der Waals surface area contributed by atoms with Crippen molar-refractivity contribution < 1.29 is 9.13 Å². The van der Waals surface area contributed by atoms with E-state index in [0.29, 0.717) is 5.90 Å². The highest BCUT2D eigenvalue weighted by molar-refractivity contribution is 5.96. The normalized spacial score (nSPS) is 21.4. The lowest BCUT2D eigenvalue weighted by Crippen LogP contribution is -2.28. The van der Waals surface area contributed by atoms with E-state index in [4.69, 9.17) is 4.74 Å². The highest BCUT2D eigenvalue weighted by Gasteiger charge is 2.31. The van der Waals surface area contributed by atoms with Crippen molar-refractivity contribution in [3.63, 3.8) is 0 Å². The van der Waals surface area contributed by atoms with Gasteiger partial charge in [-0.25, -0.2) is 4.99 Å². The summed E-state index contributed by atoms with van der Waals surface area (Å²) in [6.45, 7) is 3.44. The molecule has 0 aromatic heterocycles. The van der Waals surface area contributed by atoms with Crippen molar-refractivity contribution in [3.05, 3.63) is 65.2 Å². The van der Waals surface area contributed by atoms with Gasteiger partial charge in [-0.2, -0.15) is 4.39 Å². The molecule has 0 N–H and O–H groups in total. The summed E-state index contributed by atoms with van der Waals surface area (Å²) < 4.78 is 20.1. The maximum absolute atomic E-state index is 14.6. The van der Waals surface area contributed by atoms with Gasteiger partial charge in [0.05, 0.1) is 5.69 Å². The second-order valence-corrected chi connectivity index (χ2v) is 5.30. The number of aliphatic imine (C=N–C) groups is 1. The minimum Gasteiger partial charge on any atom is -0.440 e. The van der Waals surface area contributed by atoms with Crippen LogP contribution < -0.4 is 0 Å². The molecule has 3 rings (SSSR count). The molecule has 1 aliphatic heterocycles. The quantitative estimate of drug-likeness (QED) is 0.755. The lowest BCUT2D eigenvalue weighted by molar-refractivity contribution is -0.0528. The zero-order valence-corrected chi connectivity index (χ0v) is 11.6. The number of alkyl halides is 1. The van der Waals surface area contributed by atoms with E-state index >= 15 is 0 Å². The second kappa shape index (κ2) is 4.75. The number of halogens is 1. The molecule has 0 saturated carbocycles. The zero-order valence-electron chi connectivity index (χ0n) is 11.6.